The standard InChI is InChI=1S/C17H18N4O4/c1-10-6-7-12(21(24)25)8-14(10)20-15(22)9-19-13-5-3-4-11(2)16(13)17(18)23/h3-8,19H,9H2,1-2H3,(H2,18,23)(H,20,22). The third kappa shape index (κ3) is 4.31. The topological polar surface area (TPSA) is 127 Å². The van der Waals surface area contributed by atoms with Gasteiger partial charge in [0.15, 0.2) is 0 Å². The van der Waals surface area contributed by atoms with Crippen molar-refractivity contribution in [3.63, 3.8) is 0 Å². The van der Waals surface area contributed by atoms with E-state index < -0.39 is 16.7 Å². The largest absolute Gasteiger partial charge is 0.375 e. The van der Waals surface area contributed by atoms with Crippen molar-refractivity contribution in [2.45, 2.75) is 13.8 Å². The van der Waals surface area contributed by atoms with Gasteiger partial charge in [-0.1, -0.05) is 18.2 Å². The number of carbonyl (C=O) groups excluding carboxylic acids is 2. The van der Waals surface area contributed by atoms with Gasteiger partial charge in [-0.3, -0.25) is 19.7 Å². The SMILES string of the molecule is Cc1ccc([N+](=O)[O-])cc1NC(=O)CNc1cccc(C)c1C(N)=O. The van der Waals surface area contributed by atoms with Crippen LogP contribution in [0.1, 0.15) is 21.5 Å². The van der Waals surface area contributed by atoms with E-state index in [1.165, 1.54) is 12.1 Å². The van der Waals surface area contributed by atoms with Crippen molar-refractivity contribution in [1.29, 1.82) is 0 Å². The molecule has 0 saturated heterocycles. The molecule has 0 aliphatic rings. The first-order valence-electron chi connectivity index (χ1n) is 7.47. The number of aryl methyl sites for hydroxylation is 2. The quantitative estimate of drug-likeness (QED) is 0.548. The molecule has 0 radical (unpaired) electrons. The Bertz CT molecular complexity index is 849. The second-order valence-corrected chi connectivity index (χ2v) is 5.52. The highest BCUT2D eigenvalue weighted by Crippen LogP contribution is 2.22. The van der Waals surface area contributed by atoms with E-state index in [1.54, 1.807) is 38.1 Å². The summed E-state index contributed by atoms with van der Waals surface area (Å²) in [5.41, 5.74) is 7.80. The molecular weight excluding hydrogens is 324 g/mol. The molecule has 0 bridgehead atoms. The zero-order valence-electron chi connectivity index (χ0n) is 13.8. The van der Waals surface area contributed by atoms with Gasteiger partial charge in [0.05, 0.1) is 22.7 Å². The van der Waals surface area contributed by atoms with Crippen LogP contribution < -0.4 is 16.4 Å². The van der Waals surface area contributed by atoms with Gasteiger partial charge in [0.1, 0.15) is 0 Å². The molecule has 4 N–H and O–H groups in total. The normalized spacial score (nSPS) is 10.2. The van der Waals surface area contributed by atoms with E-state index in [0.717, 1.165) is 0 Å². The van der Waals surface area contributed by atoms with Crippen molar-refractivity contribution >= 4 is 28.9 Å². The van der Waals surface area contributed by atoms with Gasteiger partial charge >= 0.3 is 0 Å². The Balaban J connectivity index is 2.10. The molecular formula is C17H18N4O4. The smallest absolute Gasteiger partial charge is 0.271 e. The number of nitrogens with zero attached hydrogens (tertiary/aromatic N) is 1. The van der Waals surface area contributed by atoms with Crippen LogP contribution in [0.3, 0.4) is 0 Å². The molecule has 0 heterocycles. The van der Waals surface area contributed by atoms with Crippen LogP contribution in [0.2, 0.25) is 0 Å². The van der Waals surface area contributed by atoms with E-state index in [4.69, 9.17) is 5.73 Å². The number of nitro groups is 1. The predicted molar refractivity (Wildman–Crippen MR) is 94.6 cm³/mol. The molecule has 0 saturated carbocycles. The molecule has 0 spiro atoms. The lowest BCUT2D eigenvalue weighted by Gasteiger charge is -2.13. The first-order valence-corrected chi connectivity index (χ1v) is 7.47. The van der Waals surface area contributed by atoms with E-state index >= 15 is 0 Å². The summed E-state index contributed by atoms with van der Waals surface area (Å²) in [7, 11) is 0. The van der Waals surface area contributed by atoms with Gasteiger partial charge in [-0.2, -0.15) is 0 Å². The fourth-order valence-corrected chi connectivity index (χ4v) is 2.37. The Morgan fingerprint density at radius 3 is 2.48 bits per heavy atom. The monoisotopic (exact) mass is 342 g/mol. The van der Waals surface area contributed by atoms with Crippen LogP contribution in [0.25, 0.3) is 0 Å². The Labute approximate surface area is 144 Å². The molecule has 8 nitrogen and oxygen atoms in total. The molecule has 2 rings (SSSR count). The molecule has 2 aromatic rings. The minimum Gasteiger partial charge on any atom is -0.375 e. The summed E-state index contributed by atoms with van der Waals surface area (Å²) < 4.78 is 0. The van der Waals surface area contributed by atoms with Crippen LogP contribution in [-0.2, 0) is 4.79 Å². The predicted octanol–water partition coefficient (Wildman–Crippen LogP) is 2.36. The Morgan fingerprint density at radius 2 is 1.84 bits per heavy atom. The number of nitro benzene ring substituents is 1. The summed E-state index contributed by atoms with van der Waals surface area (Å²) in [5.74, 6) is -0.990. The summed E-state index contributed by atoms with van der Waals surface area (Å²) >= 11 is 0. The zero-order chi connectivity index (χ0) is 18.6. The average Bonchev–Trinajstić information content (AvgIpc) is 2.54. The van der Waals surface area contributed by atoms with Crippen molar-refractivity contribution in [1.82, 2.24) is 0 Å². The van der Waals surface area contributed by atoms with Crippen LogP contribution in [0.4, 0.5) is 17.1 Å². The Kier molecular flexibility index (Phi) is 5.33. The molecule has 0 aromatic heterocycles. The molecule has 0 aliphatic carbocycles. The minimum atomic E-state index is -0.587. The molecule has 0 aliphatic heterocycles. The maximum atomic E-state index is 12.1. The van der Waals surface area contributed by atoms with Gasteiger partial charge < -0.3 is 16.4 Å². The van der Waals surface area contributed by atoms with Gasteiger partial charge in [0.25, 0.3) is 11.6 Å². The summed E-state index contributed by atoms with van der Waals surface area (Å²) in [6.45, 7) is 3.36. The highest BCUT2D eigenvalue weighted by Gasteiger charge is 2.14. The van der Waals surface area contributed by atoms with E-state index in [0.29, 0.717) is 28.1 Å². The van der Waals surface area contributed by atoms with Crippen molar-refractivity contribution in [3.05, 3.63) is 63.2 Å². The van der Waals surface area contributed by atoms with Crippen LogP contribution in [-0.4, -0.2) is 23.3 Å². The van der Waals surface area contributed by atoms with Gasteiger partial charge in [-0.25, -0.2) is 0 Å². The Hall–Kier alpha value is -3.42. The van der Waals surface area contributed by atoms with Crippen molar-refractivity contribution in [3.8, 4) is 0 Å². The maximum absolute atomic E-state index is 12.1. The highest BCUT2D eigenvalue weighted by atomic mass is 16.6. The van der Waals surface area contributed by atoms with Gasteiger partial charge in [0, 0.05) is 17.8 Å². The van der Waals surface area contributed by atoms with Gasteiger partial charge in [-0.05, 0) is 31.0 Å². The number of carbonyl (C=O) groups is 2. The molecule has 2 amide bonds. The Morgan fingerprint density at radius 1 is 1.12 bits per heavy atom. The molecule has 2 aromatic carbocycles. The number of benzene rings is 2. The zero-order valence-corrected chi connectivity index (χ0v) is 13.8. The second kappa shape index (κ2) is 7.43. The lowest BCUT2D eigenvalue weighted by Crippen LogP contribution is -2.24. The molecule has 8 heteroatoms. The number of hydrogen-bond donors (Lipinski definition) is 3. The molecule has 0 atom stereocenters. The number of anilines is 2. The number of amides is 2. The van der Waals surface area contributed by atoms with Crippen molar-refractivity contribution < 1.29 is 14.5 Å². The minimum absolute atomic E-state index is 0.108. The number of non-ortho nitro benzene ring substituents is 1. The highest BCUT2D eigenvalue weighted by molar-refractivity contribution is 6.01. The molecule has 130 valence electrons. The average molecular weight is 342 g/mol. The van der Waals surface area contributed by atoms with E-state index in [2.05, 4.69) is 10.6 Å². The first-order chi connectivity index (χ1) is 11.8. The lowest BCUT2D eigenvalue weighted by molar-refractivity contribution is -0.384. The third-order valence-corrected chi connectivity index (χ3v) is 3.66. The van der Waals surface area contributed by atoms with Crippen LogP contribution >= 0.6 is 0 Å². The number of hydrogen-bond acceptors (Lipinski definition) is 5. The fraction of sp³-hybridized carbons (Fsp3) is 0.176. The first kappa shape index (κ1) is 17.9. The van der Waals surface area contributed by atoms with Crippen LogP contribution in [0.15, 0.2) is 36.4 Å². The second-order valence-electron chi connectivity index (χ2n) is 5.52. The molecule has 0 unspecified atom stereocenters. The van der Waals surface area contributed by atoms with E-state index in [9.17, 15) is 19.7 Å². The summed E-state index contributed by atoms with van der Waals surface area (Å²) in [6.07, 6.45) is 0. The van der Waals surface area contributed by atoms with E-state index in [1.807, 2.05) is 0 Å². The van der Waals surface area contributed by atoms with Crippen LogP contribution in [0.5, 0.6) is 0 Å². The number of nitrogens with one attached hydrogen (secondary N) is 2. The molecule has 25 heavy (non-hydrogen) atoms. The molecule has 0 fully saturated rings. The summed E-state index contributed by atoms with van der Waals surface area (Å²) in [5, 5.41) is 16.3. The maximum Gasteiger partial charge on any atom is 0.271 e. The lowest BCUT2D eigenvalue weighted by atomic mass is 10.1. The fourth-order valence-electron chi connectivity index (χ4n) is 2.37. The number of primary amides is 1. The van der Waals surface area contributed by atoms with Gasteiger partial charge in [-0.15, -0.1) is 0 Å². The van der Waals surface area contributed by atoms with Gasteiger partial charge in [0.2, 0.25) is 5.91 Å². The van der Waals surface area contributed by atoms with E-state index in [-0.39, 0.29) is 12.2 Å². The van der Waals surface area contributed by atoms with Crippen LogP contribution in [0, 0.1) is 24.0 Å². The van der Waals surface area contributed by atoms with Crippen molar-refractivity contribution in [2.75, 3.05) is 17.2 Å². The number of nitrogens with two attached hydrogens (primary N) is 1. The number of rotatable bonds is 6. The summed E-state index contributed by atoms with van der Waals surface area (Å²) in [4.78, 5) is 34.0. The van der Waals surface area contributed by atoms with Crippen molar-refractivity contribution in [2.24, 2.45) is 5.73 Å². The summed E-state index contributed by atoms with van der Waals surface area (Å²) in [6, 6.07) is 9.38. The third-order valence-electron chi connectivity index (χ3n) is 3.66.